The van der Waals surface area contributed by atoms with Crippen LogP contribution >= 0.6 is 11.6 Å². The van der Waals surface area contributed by atoms with E-state index in [0.29, 0.717) is 6.04 Å². The maximum atomic E-state index is 6.00. The van der Waals surface area contributed by atoms with Crippen molar-refractivity contribution in [3.8, 4) is 5.69 Å². The highest BCUT2D eigenvalue weighted by Crippen LogP contribution is 2.20. The summed E-state index contributed by atoms with van der Waals surface area (Å²) in [6, 6.07) is 8.42. The highest BCUT2D eigenvalue weighted by Gasteiger charge is 2.23. The molecule has 2 heterocycles. The van der Waals surface area contributed by atoms with E-state index in [1.54, 1.807) is 7.11 Å². The highest BCUT2D eigenvalue weighted by atomic mass is 35.5. The second-order valence-electron chi connectivity index (χ2n) is 6.99. The van der Waals surface area contributed by atoms with Crippen LogP contribution in [0.15, 0.2) is 24.3 Å². The van der Waals surface area contributed by atoms with Crippen LogP contribution in [-0.2, 0) is 11.3 Å². The van der Waals surface area contributed by atoms with Gasteiger partial charge >= 0.3 is 0 Å². The van der Waals surface area contributed by atoms with Gasteiger partial charge in [-0.15, -0.1) is 0 Å². The molecule has 0 amide bonds. The SMILES string of the molecule is COCCN1CCCC1CNCc1c(C)nn(-c2ccc(Cl)cc2)c1C. The predicted molar refractivity (Wildman–Crippen MR) is 106 cm³/mol. The lowest BCUT2D eigenvalue weighted by Crippen LogP contribution is -2.39. The molecule has 5 nitrogen and oxygen atoms in total. The molecule has 0 spiro atoms. The van der Waals surface area contributed by atoms with Gasteiger partial charge in [0, 0.05) is 49.1 Å². The Hall–Kier alpha value is -1.40. The summed E-state index contributed by atoms with van der Waals surface area (Å²) in [5.74, 6) is 0. The number of aromatic nitrogens is 2. The molecule has 26 heavy (non-hydrogen) atoms. The summed E-state index contributed by atoms with van der Waals surface area (Å²) in [5, 5.41) is 9.11. The lowest BCUT2D eigenvalue weighted by molar-refractivity contribution is 0.140. The fraction of sp³-hybridized carbons (Fsp3) is 0.550. The van der Waals surface area contributed by atoms with Gasteiger partial charge < -0.3 is 10.1 Å². The minimum atomic E-state index is 0.608. The summed E-state index contributed by atoms with van der Waals surface area (Å²) in [4.78, 5) is 2.54. The van der Waals surface area contributed by atoms with Crippen LogP contribution in [0.25, 0.3) is 5.69 Å². The van der Waals surface area contributed by atoms with E-state index in [9.17, 15) is 0 Å². The lowest BCUT2D eigenvalue weighted by atomic mass is 10.1. The second-order valence-corrected chi connectivity index (χ2v) is 7.43. The Balaban J connectivity index is 1.61. The average Bonchev–Trinajstić information content (AvgIpc) is 3.19. The third-order valence-corrected chi connectivity index (χ3v) is 5.53. The molecule has 1 aromatic heterocycles. The number of benzene rings is 1. The standard InChI is InChI=1S/C20H29ClN4O/c1-15-20(14-22-13-19-5-4-10-24(19)11-12-26-3)16(2)25(23-15)18-8-6-17(21)7-9-18/h6-9,19,22H,4-5,10-14H2,1-3H3. The van der Waals surface area contributed by atoms with Crippen LogP contribution in [0.2, 0.25) is 5.02 Å². The summed E-state index contributed by atoms with van der Waals surface area (Å²) >= 11 is 6.00. The van der Waals surface area contributed by atoms with Crippen LogP contribution in [0.5, 0.6) is 0 Å². The van der Waals surface area contributed by atoms with E-state index in [-0.39, 0.29) is 0 Å². The molecule has 0 aliphatic carbocycles. The van der Waals surface area contributed by atoms with Crippen molar-refractivity contribution >= 4 is 11.6 Å². The normalized spacial score (nSPS) is 17.9. The van der Waals surface area contributed by atoms with Crippen LogP contribution < -0.4 is 5.32 Å². The molecule has 6 heteroatoms. The van der Waals surface area contributed by atoms with Crippen LogP contribution in [0.1, 0.15) is 29.8 Å². The predicted octanol–water partition coefficient (Wildman–Crippen LogP) is 3.34. The number of likely N-dealkylation sites (tertiary alicyclic amines) is 1. The molecule has 1 atom stereocenters. The Labute approximate surface area is 161 Å². The number of ether oxygens (including phenoxy) is 1. The summed E-state index contributed by atoms with van der Waals surface area (Å²) in [5.41, 5.74) is 4.58. The maximum absolute atomic E-state index is 6.00. The van der Waals surface area contributed by atoms with Gasteiger partial charge in [0.05, 0.1) is 18.0 Å². The number of halogens is 1. The Bertz CT molecular complexity index is 713. The quantitative estimate of drug-likeness (QED) is 0.767. The summed E-state index contributed by atoms with van der Waals surface area (Å²) in [7, 11) is 1.77. The fourth-order valence-electron chi connectivity index (χ4n) is 3.76. The molecular formula is C20H29ClN4O. The molecule has 142 valence electrons. The topological polar surface area (TPSA) is 42.3 Å². The molecule has 1 aromatic carbocycles. The molecule has 1 saturated heterocycles. The molecule has 0 bridgehead atoms. The first-order valence-electron chi connectivity index (χ1n) is 9.35. The van der Waals surface area contributed by atoms with E-state index in [2.05, 4.69) is 24.1 Å². The lowest BCUT2D eigenvalue weighted by Gasteiger charge is -2.24. The van der Waals surface area contributed by atoms with E-state index in [1.807, 2.05) is 28.9 Å². The molecule has 0 radical (unpaired) electrons. The van der Waals surface area contributed by atoms with Gasteiger partial charge in [-0.05, 0) is 57.5 Å². The second kappa shape index (κ2) is 9.00. The van der Waals surface area contributed by atoms with E-state index in [0.717, 1.165) is 42.6 Å². The zero-order valence-corrected chi connectivity index (χ0v) is 16.7. The van der Waals surface area contributed by atoms with Crippen molar-refractivity contribution in [1.29, 1.82) is 0 Å². The van der Waals surface area contributed by atoms with Crippen molar-refractivity contribution in [2.45, 2.75) is 39.3 Å². The average molecular weight is 377 g/mol. The number of rotatable bonds is 8. The first-order chi connectivity index (χ1) is 12.6. The fourth-order valence-corrected chi connectivity index (χ4v) is 3.88. The van der Waals surface area contributed by atoms with Crippen molar-refractivity contribution in [2.24, 2.45) is 0 Å². The van der Waals surface area contributed by atoms with Gasteiger partial charge in [-0.2, -0.15) is 5.10 Å². The van der Waals surface area contributed by atoms with Crippen LogP contribution in [-0.4, -0.2) is 54.1 Å². The van der Waals surface area contributed by atoms with Gasteiger partial charge in [0.2, 0.25) is 0 Å². The molecule has 1 aliphatic heterocycles. The first-order valence-corrected chi connectivity index (χ1v) is 9.72. The Morgan fingerprint density at radius 3 is 2.77 bits per heavy atom. The third-order valence-electron chi connectivity index (χ3n) is 5.28. The van der Waals surface area contributed by atoms with Crippen LogP contribution in [0.3, 0.4) is 0 Å². The molecule has 2 aromatic rings. The zero-order chi connectivity index (χ0) is 18.5. The molecular weight excluding hydrogens is 348 g/mol. The Morgan fingerprint density at radius 2 is 2.04 bits per heavy atom. The van der Waals surface area contributed by atoms with Gasteiger partial charge in [0.15, 0.2) is 0 Å². The Kier molecular flexibility index (Phi) is 6.70. The molecule has 1 aliphatic rings. The third kappa shape index (κ3) is 4.46. The highest BCUT2D eigenvalue weighted by molar-refractivity contribution is 6.30. The number of methoxy groups -OCH3 is 1. The van der Waals surface area contributed by atoms with Gasteiger partial charge in [-0.1, -0.05) is 11.6 Å². The minimum Gasteiger partial charge on any atom is -0.383 e. The van der Waals surface area contributed by atoms with E-state index in [4.69, 9.17) is 21.4 Å². The van der Waals surface area contributed by atoms with Crippen molar-refractivity contribution < 1.29 is 4.74 Å². The Morgan fingerprint density at radius 1 is 1.27 bits per heavy atom. The molecule has 1 fully saturated rings. The number of aryl methyl sites for hydroxylation is 1. The monoisotopic (exact) mass is 376 g/mol. The molecule has 0 saturated carbocycles. The van der Waals surface area contributed by atoms with Crippen LogP contribution in [0, 0.1) is 13.8 Å². The summed E-state index contributed by atoms with van der Waals surface area (Å²) < 4.78 is 7.23. The zero-order valence-electron chi connectivity index (χ0n) is 16.0. The van der Waals surface area contributed by atoms with Crippen LogP contribution in [0.4, 0.5) is 0 Å². The minimum absolute atomic E-state index is 0.608. The van der Waals surface area contributed by atoms with Crippen molar-refractivity contribution in [3.63, 3.8) is 0 Å². The first kappa shape index (κ1) is 19.4. The number of hydrogen-bond donors (Lipinski definition) is 1. The van der Waals surface area contributed by atoms with E-state index in [1.165, 1.54) is 30.6 Å². The van der Waals surface area contributed by atoms with E-state index >= 15 is 0 Å². The smallest absolute Gasteiger partial charge is 0.0649 e. The van der Waals surface area contributed by atoms with Crippen molar-refractivity contribution in [3.05, 3.63) is 46.2 Å². The van der Waals surface area contributed by atoms with Crippen molar-refractivity contribution in [1.82, 2.24) is 20.0 Å². The molecule has 1 N–H and O–H groups in total. The van der Waals surface area contributed by atoms with Gasteiger partial charge in [-0.3, -0.25) is 4.90 Å². The van der Waals surface area contributed by atoms with Gasteiger partial charge in [-0.25, -0.2) is 4.68 Å². The van der Waals surface area contributed by atoms with Gasteiger partial charge in [0.25, 0.3) is 0 Å². The largest absolute Gasteiger partial charge is 0.383 e. The van der Waals surface area contributed by atoms with Gasteiger partial charge in [0.1, 0.15) is 0 Å². The molecule has 3 rings (SSSR count). The number of nitrogens with one attached hydrogen (secondary N) is 1. The number of hydrogen-bond acceptors (Lipinski definition) is 4. The number of nitrogens with zero attached hydrogens (tertiary/aromatic N) is 3. The van der Waals surface area contributed by atoms with Crippen molar-refractivity contribution in [2.75, 3.05) is 33.4 Å². The summed E-state index contributed by atoms with van der Waals surface area (Å²) in [6.45, 7) is 9.08. The van der Waals surface area contributed by atoms with E-state index < -0.39 is 0 Å². The summed E-state index contributed by atoms with van der Waals surface area (Å²) in [6.07, 6.45) is 2.54. The maximum Gasteiger partial charge on any atom is 0.0649 e. The molecule has 1 unspecified atom stereocenters.